The zero-order valence-electron chi connectivity index (χ0n) is 26.3. The number of benzene rings is 8. The highest BCUT2D eigenvalue weighted by Crippen LogP contribution is 2.45. The molecule has 0 aliphatic carbocycles. The smallest absolute Gasteiger partial charge is 0.192 e. The van der Waals surface area contributed by atoms with Crippen LogP contribution in [0.25, 0.3) is 54.9 Å². The van der Waals surface area contributed by atoms with Crippen molar-refractivity contribution >= 4 is 46.5 Å². The van der Waals surface area contributed by atoms with Gasteiger partial charge in [0.25, 0.3) is 0 Å². The van der Waals surface area contributed by atoms with E-state index >= 15 is 0 Å². The van der Waals surface area contributed by atoms with Crippen molar-refractivity contribution in [1.82, 2.24) is 0 Å². The van der Waals surface area contributed by atoms with Crippen LogP contribution >= 0.6 is 8.46 Å². The lowest BCUT2D eigenvalue weighted by Crippen LogP contribution is -1.98. The van der Waals surface area contributed by atoms with Crippen molar-refractivity contribution in [2.75, 3.05) is 0 Å². The van der Waals surface area contributed by atoms with Gasteiger partial charge in [-0.1, -0.05) is 170 Å². The van der Waals surface area contributed by atoms with Crippen LogP contribution < -0.4 is 5.30 Å². The molecule has 0 fully saturated rings. The van der Waals surface area contributed by atoms with Gasteiger partial charge in [0.15, 0.2) is 8.46 Å². The van der Waals surface area contributed by atoms with Gasteiger partial charge in [-0.05, 0) is 95.4 Å². The first-order valence-corrected chi connectivity index (χ1v) is 17.0. The molecule has 0 spiro atoms. The van der Waals surface area contributed by atoms with Crippen LogP contribution in [0, 0.1) is 0 Å². The van der Waals surface area contributed by atoms with E-state index in [0.29, 0.717) is 0 Å². The highest BCUT2D eigenvalue weighted by atomic mass is 31.1. The summed E-state index contributed by atoms with van der Waals surface area (Å²) in [4.78, 5) is 0. The van der Waals surface area contributed by atoms with Crippen molar-refractivity contribution in [3.63, 3.8) is 0 Å². The maximum atomic E-state index is 11.9. The molecule has 0 heterocycles. The van der Waals surface area contributed by atoms with Crippen molar-refractivity contribution in [3.8, 4) is 22.3 Å². The van der Waals surface area contributed by atoms with Gasteiger partial charge in [0.05, 0.1) is 0 Å². The molecule has 226 valence electrons. The second kappa shape index (κ2) is 13.1. The third-order valence-corrected chi connectivity index (χ3v) is 9.54. The van der Waals surface area contributed by atoms with E-state index in [2.05, 4.69) is 170 Å². The summed E-state index contributed by atoms with van der Waals surface area (Å²) in [6.07, 6.45) is 0. The van der Waals surface area contributed by atoms with Crippen molar-refractivity contribution in [1.29, 1.82) is 0 Å². The second-order valence-electron chi connectivity index (χ2n) is 11.9. The Bertz CT molecular complexity index is 2350. The zero-order chi connectivity index (χ0) is 32.3. The molecule has 8 rings (SSSR count). The molecule has 1 nitrogen and oxygen atoms in total. The molecule has 8 aromatic rings. The molecule has 8 aromatic carbocycles. The fraction of sp³-hybridized carbons (Fsp3) is 0. The van der Waals surface area contributed by atoms with Crippen LogP contribution in [-0.4, -0.2) is 0 Å². The van der Waals surface area contributed by atoms with Gasteiger partial charge < -0.3 is 0 Å². The van der Waals surface area contributed by atoms with Crippen LogP contribution in [0.2, 0.25) is 0 Å². The lowest BCUT2D eigenvalue weighted by molar-refractivity contribution is 0.603. The minimum atomic E-state index is 0.0209. The lowest BCUT2D eigenvalue weighted by Gasteiger charge is -2.20. The molecule has 0 atom stereocenters. The Kier molecular flexibility index (Phi) is 8.05. The SMILES string of the molecule is O=Pc1cccc(-c2c3ccccc3c(-c3cccc(C(=C(c4ccccc4)c4ccccc4)c4ccccc4)c3)c3ccccc23)c1. The van der Waals surface area contributed by atoms with Gasteiger partial charge in [-0.3, -0.25) is 4.57 Å². The van der Waals surface area contributed by atoms with Crippen LogP contribution in [0.3, 0.4) is 0 Å². The molecule has 48 heavy (non-hydrogen) atoms. The Labute approximate surface area is 282 Å². The summed E-state index contributed by atoms with van der Waals surface area (Å²) in [5, 5.41) is 5.48. The van der Waals surface area contributed by atoms with E-state index in [1.54, 1.807) is 0 Å². The summed E-state index contributed by atoms with van der Waals surface area (Å²) in [6.45, 7) is 0. The molecule has 0 saturated heterocycles. The van der Waals surface area contributed by atoms with Gasteiger partial charge in [0.1, 0.15) is 0 Å². The van der Waals surface area contributed by atoms with Crippen molar-refractivity contribution in [3.05, 3.63) is 210 Å². The first-order chi connectivity index (χ1) is 23.8. The molecule has 0 aliphatic rings. The normalized spacial score (nSPS) is 11.2. The van der Waals surface area contributed by atoms with Gasteiger partial charge in [-0.25, -0.2) is 0 Å². The van der Waals surface area contributed by atoms with Crippen molar-refractivity contribution in [2.24, 2.45) is 0 Å². The predicted octanol–water partition coefficient (Wildman–Crippen LogP) is 12.3. The van der Waals surface area contributed by atoms with E-state index in [0.717, 1.165) is 27.6 Å². The molecule has 0 saturated carbocycles. The van der Waals surface area contributed by atoms with Gasteiger partial charge in [0, 0.05) is 5.30 Å². The highest BCUT2D eigenvalue weighted by molar-refractivity contribution is 7.34. The first kappa shape index (κ1) is 29.5. The van der Waals surface area contributed by atoms with E-state index in [9.17, 15) is 4.57 Å². The lowest BCUT2D eigenvalue weighted by atomic mass is 9.83. The summed E-state index contributed by atoms with van der Waals surface area (Å²) in [6, 6.07) is 66.6. The minimum absolute atomic E-state index is 0.0209. The molecule has 0 aromatic heterocycles. The monoisotopic (exact) mass is 630 g/mol. The molecule has 0 unspecified atom stereocenters. The Morgan fingerprint density at radius 1 is 0.333 bits per heavy atom. The Morgan fingerprint density at radius 3 is 1.12 bits per heavy atom. The third kappa shape index (κ3) is 5.45. The minimum Gasteiger partial charge on any atom is -0.269 e. The average molecular weight is 631 g/mol. The highest BCUT2D eigenvalue weighted by Gasteiger charge is 2.20. The maximum absolute atomic E-state index is 11.9. The van der Waals surface area contributed by atoms with Crippen LogP contribution in [0.1, 0.15) is 22.3 Å². The number of hydrogen-bond donors (Lipinski definition) is 0. The van der Waals surface area contributed by atoms with Crippen LogP contribution in [0.4, 0.5) is 0 Å². The van der Waals surface area contributed by atoms with E-state index in [1.165, 1.54) is 54.9 Å². The molecular formula is C46H31OP. The Balaban J connectivity index is 1.44. The van der Waals surface area contributed by atoms with Gasteiger partial charge >= 0.3 is 0 Å². The van der Waals surface area contributed by atoms with Gasteiger partial charge in [0.2, 0.25) is 0 Å². The standard InChI is InChI=1S/C46H31OP/c47-48-38-25-15-24-37(31-38)46-41-28-12-10-26-39(41)45(40-27-11-13-29-42(40)46)36-23-14-22-35(30-36)44(34-20-8-3-9-21-34)43(32-16-4-1-5-17-32)33-18-6-2-7-19-33/h1-31H. The summed E-state index contributed by atoms with van der Waals surface area (Å²) < 4.78 is 11.9. The average Bonchev–Trinajstić information content (AvgIpc) is 3.17. The zero-order valence-corrected chi connectivity index (χ0v) is 27.1. The molecule has 0 bridgehead atoms. The maximum Gasteiger partial charge on any atom is 0.192 e. The topological polar surface area (TPSA) is 17.1 Å². The fourth-order valence-corrected chi connectivity index (χ4v) is 7.36. The molecule has 0 radical (unpaired) electrons. The molecular weight excluding hydrogens is 599 g/mol. The second-order valence-corrected chi connectivity index (χ2v) is 12.6. The summed E-state index contributed by atoms with van der Waals surface area (Å²) in [5.41, 5.74) is 11.6. The number of hydrogen-bond acceptors (Lipinski definition) is 1. The van der Waals surface area contributed by atoms with Crippen LogP contribution in [0.15, 0.2) is 188 Å². The largest absolute Gasteiger partial charge is 0.269 e. The summed E-state index contributed by atoms with van der Waals surface area (Å²) in [7, 11) is 0.0209. The van der Waals surface area contributed by atoms with E-state index in [4.69, 9.17) is 0 Å². The predicted molar refractivity (Wildman–Crippen MR) is 204 cm³/mol. The molecule has 0 aliphatic heterocycles. The quantitative estimate of drug-likeness (QED) is 0.0973. The van der Waals surface area contributed by atoms with Crippen LogP contribution in [-0.2, 0) is 4.57 Å². The van der Waals surface area contributed by atoms with E-state index in [1.807, 2.05) is 18.2 Å². The summed E-state index contributed by atoms with van der Waals surface area (Å²) >= 11 is 0. The molecule has 0 N–H and O–H groups in total. The van der Waals surface area contributed by atoms with Crippen molar-refractivity contribution < 1.29 is 4.57 Å². The third-order valence-electron chi connectivity index (χ3n) is 9.05. The Hall–Kier alpha value is -5.88. The molecule has 2 heteroatoms. The fourth-order valence-electron chi connectivity index (χ4n) is 7.02. The van der Waals surface area contributed by atoms with Crippen LogP contribution in [0.5, 0.6) is 0 Å². The van der Waals surface area contributed by atoms with E-state index in [-0.39, 0.29) is 8.46 Å². The Morgan fingerprint density at radius 2 is 0.688 bits per heavy atom. The van der Waals surface area contributed by atoms with Crippen molar-refractivity contribution in [2.45, 2.75) is 0 Å². The van der Waals surface area contributed by atoms with Gasteiger partial charge in [-0.2, -0.15) is 0 Å². The van der Waals surface area contributed by atoms with E-state index < -0.39 is 0 Å². The number of fused-ring (bicyclic) bond motifs is 2. The summed E-state index contributed by atoms with van der Waals surface area (Å²) in [5.74, 6) is 0. The first-order valence-electron chi connectivity index (χ1n) is 16.2. The number of rotatable bonds is 7. The van der Waals surface area contributed by atoms with Gasteiger partial charge in [-0.15, -0.1) is 0 Å². The molecule has 0 amide bonds.